The van der Waals surface area contributed by atoms with E-state index in [9.17, 15) is 18.7 Å². The average Bonchev–Trinajstić information content (AvgIpc) is 3.05. The van der Waals surface area contributed by atoms with E-state index in [2.05, 4.69) is 26.0 Å². The number of hydrogen-bond donors (Lipinski definition) is 0. The summed E-state index contributed by atoms with van der Waals surface area (Å²) in [5, 5.41) is 15.7. The topological polar surface area (TPSA) is 70.3 Å². The second-order valence-corrected chi connectivity index (χ2v) is 6.66. The SMILES string of the molecule is O=C([O-])c1cc(-c2ccc(F)cc2)n2nc(-c3ccc(Br)cc3F)cc2n1.[Li+]. The zero-order valence-corrected chi connectivity index (χ0v) is 16.1. The van der Waals surface area contributed by atoms with Gasteiger partial charge in [0, 0.05) is 21.7 Å². The molecule has 28 heavy (non-hydrogen) atoms. The van der Waals surface area contributed by atoms with Gasteiger partial charge in [-0.05, 0) is 48.5 Å². The van der Waals surface area contributed by atoms with E-state index in [1.807, 2.05) is 0 Å². The van der Waals surface area contributed by atoms with Crippen LogP contribution in [0.2, 0.25) is 0 Å². The molecular formula is C19H9BrF2LiN3O2. The third-order valence-electron chi connectivity index (χ3n) is 3.98. The molecule has 0 fully saturated rings. The fraction of sp³-hybridized carbons (Fsp3) is 0. The number of aromatic carboxylic acids is 1. The van der Waals surface area contributed by atoms with E-state index < -0.39 is 17.6 Å². The number of fused-ring (bicyclic) bond motifs is 1. The van der Waals surface area contributed by atoms with Gasteiger partial charge in [-0.15, -0.1) is 0 Å². The Morgan fingerprint density at radius 2 is 1.75 bits per heavy atom. The summed E-state index contributed by atoms with van der Waals surface area (Å²) >= 11 is 3.20. The van der Waals surface area contributed by atoms with Crippen molar-refractivity contribution in [2.75, 3.05) is 0 Å². The van der Waals surface area contributed by atoms with Crippen LogP contribution < -0.4 is 24.0 Å². The Kier molecular flexibility index (Phi) is 5.66. The molecule has 0 aliphatic heterocycles. The van der Waals surface area contributed by atoms with Crippen LogP contribution in [0.3, 0.4) is 0 Å². The van der Waals surface area contributed by atoms with Crippen LogP contribution in [-0.2, 0) is 0 Å². The Bertz CT molecular complexity index is 1200. The van der Waals surface area contributed by atoms with Crippen molar-refractivity contribution in [3.63, 3.8) is 0 Å². The molecule has 0 amide bonds. The number of hydrogen-bond acceptors (Lipinski definition) is 4. The molecule has 9 heteroatoms. The maximum Gasteiger partial charge on any atom is 1.00 e. The van der Waals surface area contributed by atoms with Crippen LogP contribution in [0.1, 0.15) is 10.5 Å². The smallest absolute Gasteiger partial charge is 0.543 e. The molecule has 2 aromatic heterocycles. The first kappa shape index (κ1) is 20.2. The van der Waals surface area contributed by atoms with Crippen LogP contribution in [0, 0.1) is 11.6 Å². The first-order chi connectivity index (χ1) is 12.9. The third-order valence-corrected chi connectivity index (χ3v) is 4.48. The van der Waals surface area contributed by atoms with Gasteiger partial charge in [0.2, 0.25) is 0 Å². The Morgan fingerprint density at radius 3 is 2.39 bits per heavy atom. The first-order valence-corrected chi connectivity index (χ1v) is 8.55. The maximum absolute atomic E-state index is 14.3. The molecule has 0 atom stereocenters. The number of halogens is 3. The summed E-state index contributed by atoms with van der Waals surface area (Å²) < 4.78 is 29.5. The molecule has 4 rings (SSSR count). The van der Waals surface area contributed by atoms with Gasteiger partial charge in [-0.1, -0.05) is 15.9 Å². The van der Waals surface area contributed by atoms with E-state index in [1.165, 1.54) is 47.0 Å². The molecule has 134 valence electrons. The predicted molar refractivity (Wildman–Crippen MR) is 95.8 cm³/mol. The Morgan fingerprint density at radius 1 is 1.04 bits per heavy atom. The average molecular weight is 436 g/mol. The number of aromatic nitrogens is 3. The molecule has 4 aromatic rings. The van der Waals surface area contributed by atoms with Gasteiger partial charge in [0.25, 0.3) is 0 Å². The van der Waals surface area contributed by atoms with Crippen molar-refractivity contribution in [1.29, 1.82) is 0 Å². The number of carboxylic acids is 1. The van der Waals surface area contributed by atoms with Crippen LogP contribution in [0.5, 0.6) is 0 Å². The monoisotopic (exact) mass is 435 g/mol. The van der Waals surface area contributed by atoms with Gasteiger partial charge in [-0.3, -0.25) is 0 Å². The minimum Gasteiger partial charge on any atom is -0.543 e. The zero-order chi connectivity index (χ0) is 19.1. The normalized spacial score (nSPS) is 10.7. The Labute approximate surface area is 178 Å². The largest absolute Gasteiger partial charge is 1.00 e. The van der Waals surface area contributed by atoms with Crippen molar-refractivity contribution >= 4 is 27.5 Å². The van der Waals surface area contributed by atoms with Gasteiger partial charge in [-0.25, -0.2) is 18.3 Å². The molecule has 0 N–H and O–H groups in total. The Balaban J connectivity index is 0.00000225. The van der Waals surface area contributed by atoms with E-state index in [0.29, 0.717) is 15.7 Å². The quantitative estimate of drug-likeness (QED) is 0.438. The van der Waals surface area contributed by atoms with Gasteiger partial charge in [0.05, 0.1) is 23.1 Å². The molecule has 0 saturated heterocycles. The molecule has 2 heterocycles. The molecule has 0 aliphatic rings. The second-order valence-electron chi connectivity index (χ2n) is 5.74. The molecule has 0 aliphatic carbocycles. The summed E-state index contributed by atoms with van der Waals surface area (Å²) in [6, 6.07) is 12.8. The summed E-state index contributed by atoms with van der Waals surface area (Å²) in [5.74, 6) is -2.38. The van der Waals surface area contributed by atoms with Gasteiger partial charge < -0.3 is 9.90 Å². The van der Waals surface area contributed by atoms with Crippen molar-refractivity contribution in [3.8, 4) is 22.5 Å². The van der Waals surface area contributed by atoms with E-state index in [1.54, 1.807) is 12.1 Å². The van der Waals surface area contributed by atoms with Crippen LogP contribution in [0.4, 0.5) is 8.78 Å². The predicted octanol–water partition coefficient (Wildman–Crippen LogP) is 0.472. The number of nitrogens with zero attached hydrogens (tertiary/aromatic N) is 3. The standard InChI is InChI=1S/C19H10BrF2N3O2.Li/c20-11-3-6-13(14(22)7-11)15-9-18-23-16(19(26)27)8-17(25(18)24-15)10-1-4-12(21)5-2-10;/h1-9H,(H,26,27);/q;+1/p-1. The summed E-state index contributed by atoms with van der Waals surface area (Å²) in [7, 11) is 0. The molecule has 0 radical (unpaired) electrons. The van der Waals surface area contributed by atoms with Crippen LogP contribution >= 0.6 is 15.9 Å². The summed E-state index contributed by atoms with van der Waals surface area (Å²) in [6.07, 6.45) is 0. The molecule has 0 unspecified atom stereocenters. The van der Waals surface area contributed by atoms with Gasteiger partial charge >= 0.3 is 18.9 Å². The van der Waals surface area contributed by atoms with Crippen molar-refractivity contribution in [2.45, 2.75) is 0 Å². The molecular weight excluding hydrogens is 427 g/mol. The third kappa shape index (κ3) is 3.72. The van der Waals surface area contributed by atoms with E-state index in [-0.39, 0.29) is 41.5 Å². The summed E-state index contributed by atoms with van der Waals surface area (Å²) in [5.41, 5.74) is 1.31. The maximum atomic E-state index is 14.3. The van der Waals surface area contributed by atoms with Crippen molar-refractivity contribution in [3.05, 3.63) is 76.4 Å². The number of carboxylic acid groups (broad SMARTS) is 1. The first-order valence-electron chi connectivity index (χ1n) is 7.76. The van der Waals surface area contributed by atoms with Crippen molar-refractivity contribution < 1.29 is 37.5 Å². The van der Waals surface area contributed by atoms with Crippen LogP contribution in [0.15, 0.2) is 59.1 Å². The van der Waals surface area contributed by atoms with Gasteiger partial charge in [0.15, 0.2) is 5.65 Å². The summed E-state index contributed by atoms with van der Waals surface area (Å²) in [6.45, 7) is 0. The number of rotatable bonds is 3. The fourth-order valence-electron chi connectivity index (χ4n) is 2.73. The number of benzene rings is 2. The number of carbonyl (C=O) groups is 1. The minimum atomic E-state index is -1.46. The number of carbonyl (C=O) groups excluding carboxylic acids is 1. The Hall–Kier alpha value is -2.53. The molecule has 2 aromatic carbocycles. The molecule has 0 bridgehead atoms. The fourth-order valence-corrected chi connectivity index (χ4v) is 3.07. The zero-order valence-electron chi connectivity index (χ0n) is 14.5. The summed E-state index contributed by atoms with van der Waals surface area (Å²) in [4.78, 5) is 15.3. The van der Waals surface area contributed by atoms with Crippen molar-refractivity contribution in [1.82, 2.24) is 14.6 Å². The molecule has 0 saturated carbocycles. The van der Waals surface area contributed by atoms with Crippen LogP contribution in [-0.4, -0.2) is 20.6 Å². The second kappa shape index (κ2) is 7.84. The minimum absolute atomic E-state index is 0. The van der Waals surface area contributed by atoms with Crippen LogP contribution in [0.25, 0.3) is 28.2 Å². The van der Waals surface area contributed by atoms with E-state index in [0.717, 1.165) is 0 Å². The molecule has 0 spiro atoms. The van der Waals surface area contributed by atoms with Crippen molar-refractivity contribution in [2.24, 2.45) is 0 Å². The van der Waals surface area contributed by atoms with Gasteiger partial charge in [-0.2, -0.15) is 5.10 Å². The van der Waals surface area contributed by atoms with E-state index in [4.69, 9.17) is 0 Å². The van der Waals surface area contributed by atoms with E-state index >= 15 is 0 Å². The van der Waals surface area contributed by atoms with Gasteiger partial charge in [0.1, 0.15) is 11.6 Å². The molecule has 5 nitrogen and oxygen atoms in total.